The molecule has 0 spiro atoms. The fraction of sp³-hybridized carbons (Fsp3) is 0.412. The van der Waals surface area contributed by atoms with Crippen LogP contribution >= 0.6 is 23.1 Å². The lowest BCUT2D eigenvalue weighted by molar-refractivity contribution is -0.123. The van der Waals surface area contributed by atoms with Crippen molar-refractivity contribution >= 4 is 34.9 Å². The molecular formula is C17H21ClN4O2S. The molecule has 134 valence electrons. The van der Waals surface area contributed by atoms with Crippen LogP contribution in [0.2, 0.25) is 5.02 Å². The lowest BCUT2D eigenvalue weighted by atomic mass is 10.0. The maximum Gasteiger partial charge on any atom is 0.276 e. The predicted molar refractivity (Wildman–Crippen MR) is 98.6 cm³/mol. The molecule has 0 bridgehead atoms. The van der Waals surface area contributed by atoms with Gasteiger partial charge in [0.15, 0.2) is 5.69 Å². The Balaban J connectivity index is 2.19. The molecule has 0 fully saturated rings. The van der Waals surface area contributed by atoms with Crippen LogP contribution in [0.25, 0.3) is 0 Å². The lowest BCUT2D eigenvalue weighted by Crippen LogP contribution is -2.48. The standard InChI is InChI=1S/C17H21ClN4O2S/c1-4-17(2,3)19-15(23)10-22(16(24)14-11-25-21-20-14)9-12-7-5-6-8-13(12)18/h5-8,11H,4,9-10H2,1-3H3,(H,19,23). The summed E-state index contributed by atoms with van der Waals surface area (Å²) in [6.45, 7) is 6.01. The van der Waals surface area contributed by atoms with E-state index in [4.69, 9.17) is 11.6 Å². The SMILES string of the molecule is CCC(C)(C)NC(=O)CN(Cc1ccccc1Cl)C(=O)c1csnn1. The summed E-state index contributed by atoms with van der Waals surface area (Å²) in [6.07, 6.45) is 0.785. The predicted octanol–water partition coefficient (Wildman–Crippen LogP) is 3.14. The van der Waals surface area contributed by atoms with Crippen molar-refractivity contribution < 1.29 is 9.59 Å². The van der Waals surface area contributed by atoms with Gasteiger partial charge < -0.3 is 10.2 Å². The summed E-state index contributed by atoms with van der Waals surface area (Å²) in [6, 6.07) is 7.24. The Bertz CT molecular complexity index is 734. The minimum absolute atomic E-state index is 0.0784. The monoisotopic (exact) mass is 380 g/mol. The second-order valence-corrected chi connectivity index (χ2v) is 7.35. The van der Waals surface area contributed by atoms with Crippen LogP contribution in [0.15, 0.2) is 29.6 Å². The van der Waals surface area contributed by atoms with E-state index in [1.54, 1.807) is 11.4 Å². The Labute approximate surface area is 156 Å². The largest absolute Gasteiger partial charge is 0.350 e. The molecule has 0 aliphatic rings. The van der Waals surface area contributed by atoms with Gasteiger partial charge in [-0.2, -0.15) is 0 Å². The molecule has 0 aliphatic carbocycles. The molecule has 1 N–H and O–H groups in total. The average Bonchev–Trinajstić information content (AvgIpc) is 3.09. The Morgan fingerprint density at radius 2 is 2.04 bits per heavy atom. The lowest BCUT2D eigenvalue weighted by Gasteiger charge is -2.27. The zero-order chi connectivity index (χ0) is 18.4. The number of hydrogen-bond donors (Lipinski definition) is 1. The molecule has 2 amide bonds. The molecule has 1 heterocycles. The van der Waals surface area contributed by atoms with Crippen molar-refractivity contribution in [2.75, 3.05) is 6.54 Å². The van der Waals surface area contributed by atoms with Gasteiger partial charge in [-0.05, 0) is 43.4 Å². The Morgan fingerprint density at radius 1 is 1.32 bits per heavy atom. The van der Waals surface area contributed by atoms with Crippen molar-refractivity contribution in [1.82, 2.24) is 19.8 Å². The topological polar surface area (TPSA) is 75.2 Å². The molecule has 2 rings (SSSR count). The van der Waals surface area contributed by atoms with Crippen molar-refractivity contribution in [3.05, 3.63) is 45.9 Å². The normalized spacial score (nSPS) is 11.2. The van der Waals surface area contributed by atoms with E-state index in [1.165, 1.54) is 4.90 Å². The minimum Gasteiger partial charge on any atom is -0.350 e. The van der Waals surface area contributed by atoms with E-state index >= 15 is 0 Å². The fourth-order valence-corrected chi connectivity index (χ4v) is 2.76. The summed E-state index contributed by atoms with van der Waals surface area (Å²) in [5.74, 6) is -0.575. The average molecular weight is 381 g/mol. The Kier molecular flexibility index (Phi) is 6.50. The fourth-order valence-electron chi connectivity index (χ4n) is 2.13. The third kappa shape index (κ3) is 5.51. The molecule has 0 aliphatic heterocycles. The van der Waals surface area contributed by atoms with Gasteiger partial charge in [-0.1, -0.05) is 41.2 Å². The number of carbonyl (C=O) groups is 2. The molecule has 0 atom stereocenters. The van der Waals surface area contributed by atoms with Crippen LogP contribution in [0, 0.1) is 0 Å². The second-order valence-electron chi connectivity index (χ2n) is 6.33. The molecule has 0 unspecified atom stereocenters. The number of nitrogens with zero attached hydrogens (tertiary/aromatic N) is 3. The molecule has 0 saturated heterocycles. The first-order valence-electron chi connectivity index (χ1n) is 7.93. The first-order valence-corrected chi connectivity index (χ1v) is 9.14. The van der Waals surface area contributed by atoms with Gasteiger partial charge in [0.05, 0.1) is 0 Å². The quantitative estimate of drug-likeness (QED) is 0.800. The number of carbonyl (C=O) groups excluding carboxylic acids is 2. The highest BCUT2D eigenvalue weighted by Crippen LogP contribution is 2.18. The zero-order valence-corrected chi connectivity index (χ0v) is 16.0. The molecular weight excluding hydrogens is 360 g/mol. The van der Waals surface area contributed by atoms with Gasteiger partial charge in [0.2, 0.25) is 5.91 Å². The highest BCUT2D eigenvalue weighted by molar-refractivity contribution is 7.03. The van der Waals surface area contributed by atoms with Crippen molar-refractivity contribution in [1.29, 1.82) is 0 Å². The third-order valence-corrected chi connectivity index (χ3v) is 4.75. The van der Waals surface area contributed by atoms with Crippen LogP contribution in [0.1, 0.15) is 43.2 Å². The van der Waals surface area contributed by atoms with Gasteiger partial charge in [0, 0.05) is 22.5 Å². The van der Waals surface area contributed by atoms with Gasteiger partial charge in [-0.25, -0.2) is 0 Å². The molecule has 0 saturated carbocycles. The summed E-state index contributed by atoms with van der Waals surface area (Å²) < 4.78 is 3.72. The number of aromatic nitrogens is 2. The van der Waals surface area contributed by atoms with E-state index in [1.807, 2.05) is 39.0 Å². The highest BCUT2D eigenvalue weighted by Gasteiger charge is 2.24. The molecule has 8 heteroatoms. The van der Waals surface area contributed by atoms with E-state index in [0.29, 0.717) is 5.02 Å². The third-order valence-electron chi connectivity index (χ3n) is 3.88. The van der Waals surface area contributed by atoms with Crippen molar-refractivity contribution in [2.45, 2.75) is 39.3 Å². The molecule has 1 aromatic carbocycles. The summed E-state index contributed by atoms with van der Waals surface area (Å²) >= 11 is 7.29. The van der Waals surface area contributed by atoms with Gasteiger partial charge in [0.25, 0.3) is 5.91 Å². The second kappa shape index (κ2) is 8.40. The number of hydrogen-bond acceptors (Lipinski definition) is 5. The Hall–Kier alpha value is -1.99. The smallest absolute Gasteiger partial charge is 0.276 e. The maximum atomic E-state index is 12.7. The molecule has 2 aromatic rings. The van der Waals surface area contributed by atoms with Gasteiger partial charge >= 0.3 is 0 Å². The van der Waals surface area contributed by atoms with E-state index in [2.05, 4.69) is 14.9 Å². The summed E-state index contributed by atoms with van der Waals surface area (Å²) in [7, 11) is 0. The molecule has 1 aromatic heterocycles. The van der Waals surface area contributed by atoms with E-state index < -0.39 is 0 Å². The van der Waals surface area contributed by atoms with Crippen LogP contribution in [0.3, 0.4) is 0 Å². The van der Waals surface area contributed by atoms with E-state index in [-0.39, 0.29) is 36.1 Å². The number of amides is 2. The number of benzene rings is 1. The van der Waals surface area contributed by atoms with Crippen molar-refractivity contribution in [3.8, 4) is 0 Å². The molecule has 25 heavy (non-hydrogen) atoms. The highest BCUT2D eigenvalue weighted by atomic mass is 35.5. The van der Waals surface area contributed by atoms with Crippen LogP contribution in [-0.2, 0) is 11.3 Å². The molecule has 6 nitrogen and oxygen atoms in total. The van der Waals surface area contributed by atoms with Crippen molar-refractivity contribution in [3.63, 3.8) is 0 Å². The van der Waals surface area contributed by atoms with Crippen molar-refractivity contribution in [2.24, 2.45) is 0 Å². The van der Waals surface area contributed by atoms with Gasteiger partial charge in [-0.15, -0.1) is 5.10 Å². The maximum absolute atomic E-state index is 12.7. The van der Waals surface area contributed by atoms with Crippen LogP contribution in [0.5, 0.6) is 0 Å². The molecule has 0 radical (unpaired) electrons. The summed E-state index contributed by atoms with van der Waals surface area (Å²) in [5, 5.41) is 8.86. The Morgan fingerprint density at radius 3 is 2.64 bits per heavy atom. The summed E-state index contributed by atoms with van der Waals surface area (Å²) in [5.41, 5.74) is 0.654. The van der Waals surface area contributed by atoms with Gasteiger partial charge in [-0.3, -0.25) is 9.59 Å². The first-order chi connectivity index (χ1) is 11.8. The van der Waals surface area contributed by atoms with Crippen LogP contribution in [-0.4, -0.2) is 38.4 Å². The minimum atomic E-state index is -0.349. The number of rotatable bonds is 7. The van der Waals surface area contributed by atoms with Gasteiger partial charge in [0.1, 0.15) is 6.54 Å². The number of halogens is 1. The first kappa shape index (κ1) is 19.3. The summed E-state index contributed by atoms with van der Waals surface area (Å²) in [4.78, 5) is 26.5. The van der Waals surface area contributed by atoms with Crippen LogP contribution < -0.4 is 5.32 Å². The van der Waals surface area contributed by atoms with E-state index in [0.717, 1.165) is 23.5 Å². The zero-order valence-electron chi connectivity index (χ0n) is 14.5. The van der Waals surface area contributed by atoms with E-state index in [9.17, 15) is 9.59 Å². The number of nitrogens with one attached hydrogen (secondary N) is 1. The van der Waals surface area contributed by atoms with Crippen LogP contribution in [0.4, 0.5) is 0 Å².